The van der Waals surface area contributed by atoms with E-state index in [9.17, 15) is 0 Å². The summed E-state index contributed by atoms with van der Waals surface area (Å²) in [5, 5.41) is 0. The zero-order chi connectivity index (χ0) is 13.5. The van der Waals surface area contributed by atoms with Gasteiger partial charge in [-0.15, -0.1) is 0 Å². The van der Waals surface area contributed by atoms with Crippen LogP contribution in [0.2, 0.25) is 0 Å². The molecule has 0 fully saturated rings. The van der Waals surface area contributed by atoms with Crippen LogP contribution in [0.4, 0.5) is 5.69 Å². The Morgan fingerprint density at radius 1 is 1.00 bits per heavy atom. The third kappa shape index (κ3) is 2.12. The van der Waals surface area contributed by atoms with Crippen molar-refractivity contribution in [1.29, 1.82) is 0 Å². The third-order valence-corrected chi connectivity index (χ3v) is 3.04. The zero-order valence-corrected chi connectivity index (χ0v) is 11.3. The van der Waals surface area contributed by atoms with Crippen LogP contribution in [0.5, 0.6) is 11.6 Å². The van der Waals surface area contributed by atoms with E-state index in [0.717, 1.165) is 22.7 Å². The van der Waals surface area contributed by atoms with Gasteiger partial charge in [0.25, 0.3) is 0 Å². The number of pyridine rings is 1. The van der Waals surface area contributed by atoms with Crippen molar-refractivity contribution in [2.45, 2.75) is 20.8 Å². The van der Waals surface area contributed by atoms with Crippen molar-refractivity contribution in [2.24, 2.45) is 10.4 Å². The van der Waals surface area contributed by atoms with Crippen molar-refractivity contribution in [3.8, 4) is 11.6 Å². The minimum absolute atomic E-state index is 0.0708. The molecule has 0 unspecified atom stereocenters. The van der Waals surface area contributed by atoms with E-state index in [-0.39, 0.29) is 5.41 Å². The molecule has 3 nitrogen and oxygen atoms in total. The molecule has 0 radical (unpaired) electrons. The standard InChI is InChI=1S/C16H16N2O/c1-16(2,3)14-11-7-6-10-17-15(11)19-13-9-5-4-8-12(13)18-14/h4-10H,1-3H3. The first kappa shape index (κ1) is 11.9. The molecule has 2 heterocycles. The molecular formula is C16H16N2O. The van der Waals surface area contributed by atoms with E-state index in [4.69, 9.17) is 9.73 Å². The number of aromatic nitrogens is 1. The Bertz CT molecular complexity index is 654. The van der Waals surface area contributed by atoms with Gasteiger partial charge in [-0.05, 0) is 24.3 Å². The maximum absolute atomic E-state index is 5.90. The summed E-state index contributed by atoms with van der Waals surface area (Å²) >= 11 is 0. The summed E-state index contributed by atoms with van der Waals surface area (Å²) in [7, 11) is 0. The molecule has 0 bridgehead atoms. The van der Waals surface area contributed by atoms with Crippen LogP contribution in [0.25, 0.3) is 0 Å². The molecule has 1 aromatic carbocycles. The summed E-state index contributed by atoms with van der Waals surface area (Å²) in [4.78, 5) is 9.14. The highest BCUT2D eigenvalue weighted by molar-refractivity contribution is 6.07. The molecule has 96 valence electrons. The fourth-order valence-electron chi connectivity index (χ4n) is 2.14. The molecule has 2 aromatic rings. The first-order chi connectivity index (χ1) is 9.05. The van der Waals surface area contributed by atoms with Gasteiger partial charge in [-0.1, -0.05) is 32.9 Å². The molecule has 0 saturated heterocycles. The number of para-hydroxylation sites is 2. The topological polar surface area (TPSA) is 34.5 Å². The van der Waals surface area contributed by atoms with Gasteiger partial charge in [-0.25, -0.2) is 9.98 Å². The Kier molecular flexibility index (Phi) is 2.63. The van der Waals surface area contributed by atoms with Gasteiger partial charge >= 0.3 is 0 Å². The van der Waals surface area contributed by atoms with Crippen molar-refractivity contribution in [3.63, 3.8) is 0 Å². The van der Waals surface area contributed by atoms with Crippen molar-refractivity contribution >= 4 is 11.4 Å². The minimum atomic E-state index is -0.0708. The van der Waals surface area contributed by atoms with Crippen LogP contribution in [0.3, 0.4) is 0 Å². The highest BCUT2D eigenvalue weighted by Gasteiger charge is 2.27. The highest BCUT2D eigenvalue weighted by atomic mass is 16.5. The van der Waals surface area contributed by atoms with Gasteiger partial charge in [0.05, 0.1) is 11.3 Å². The molecule has 0 spiro atoms. The lowest BCUT2D eigenvalue weighted by molar-refractivity contribution is 0.464. The highest BCUT2D eigenvalue weighted by Crippen LogP contribution is 2.39. The predicted octanol–water partition coefficient (Wildman–Crippen LogP) is 4.35. The number of ether oxygens (including phenoxy) is 1. The first-order valence-corrected chi connectivity index (χ1v) is 6.37. The Morgan fingerprint density at radius 2 is 1.79 bits per heavy atom. The fraction of sp³-hybridized carbons (Fsp3) is 0.250. The van der Waals surface area contributed by atoms with Crippen molar-refractivity contribution < 1.29 is 4.74 Å². The monoisotopic (exact) mass is 252 g/mol. The summed E-state index contributed by atoms with van der Waals surface area (Å²) in [5.74, 6) is 1.38. The van der Waals surface area contributed by atoms with Gasteiger partial charge in [0.2, 0.25) is 5.88 Å². The quantitative estimate of drug-likeness (QED) is 0.698. The lowest BCUT2D eigenvalue weighted by Crippen LogP contribution is -2.21. The molecule has 0 N–H and O–H groups in total. The Balaban J connectivity index is 2.29. The molecule has 0 saturated carbocycles. The summed E-state index contributed by atoms with van der Waals surface area (Å²) < 4.78 is 5.90. The number of benzene rings is 1. The summed E-state index contributed by atoms with van der Waals surface area (Å²) in [6.07, 6.45) is 1.74. The number of aliphatic imine (C=N–C) groups is 1. The number of nitrogens with zero attached hydrogens (tertiary/aromatic N) is 2. The molecule has 3 heteroatoms. The smallest absolute Gasteiger partial charge is 0.228 e. The van der Waals surface area contributed by atoms with Gasteiger partial charge in [-0.3, -0.25) is 0 Å². The van der Waals surface area contributed by atoms with E-state index < -0.39 is 0 Å². The van der Waals surface area contributed by atoms with Crippen LogP contribution in [0.15, 0.2) is 47.6 Å². The average Bonchev–Trinajstić information content (AvgIpc) is 2.54. The number of fused-ring (bicyclic) bond motifs is 2. The Labute approximate surface area is 113 Å². The van der Waals surface area contributed by atoms with Crippen LogP contribution < -0.4 is 4.74 Å². The summed E-state index contributed by atoms with van der Waals surface area (Å²) in [5.41, 5.74) is 2.75. The van der Waals surface area contributed by atoms with Crippen LogP contribution in [-0.2, 0) is 0 Å². The molecule has 0 amide bonds. The van der Waals surface area contributed by atoms with Gasteiger partial charge < -0.3 is 4.74 Å². The third-order valence-electron chi connectivity index (χ3n) is 3.04. The SMILES string of the molecule is CC(C)(C)C1=Nc2ccccc2Oc2ncccc21. The van der Waals surface area contributed by atoms with Gasteiger partial charge in [0.15, 0.2) is 5.75 Å². The maximum atomic E-state index is 5.90. The van der Waals surface area contributed by atoms with Crippen molar-refractivity contribution in [1.82, 2.24) is 4.98 Å². The van der Waals surface area contributed by atoms with E-state index in [0.29, 0.717) is 5.88 Å². The molecule has 0 aliphatic carbocycles. The number of hydrogen-bond acceptors (Lipinski definition) is 3. The van der Waals surface area contributed by atoms with Gasteiger partial charge in [0.1, 0.15) is 5.69 Å². The largest absolute Gasteiger partial charge is 0.436 e. The Morgan fingerprint density at radius 3 is 2.58 bits per heavy atom. The number of hydrogen-bond donors (Lipinski definition) is 0. The van der Waals surface area contributed by atoms with E-state index in [2.05, 4.69) is 25.8 Å². The molecule has 1 aromatic heterocycles. The van der Waals surface area contributed by atoms with Crippen molar-refractivity contribution in [2.75, 3.05) is 0 Å². The van der Waals surface area contributed by atoms with E-state index >= 15 is 0 Å². The molecule has 19 heavy (non-hydrogen) atoms. The van der Waals surface area contributed by atoms with Gasteiger partial charge in [-0.2, -0.15) is 0 Å². The van der Waals surface area contributed by atoms with Crippen LogP contribution >= 0.6 is 0 Å². The summed E-state index contributed by atoms with van der Waals surface area (Å²) in [6.45, 7) is 6.45. The second-order valence-electron chi connectivity index (χ2n) is 5.64. The number of rotatable bonds is 0. The normalized spacial score (nSPS) is 13.7. The predicted molar refractivity (Wildman–Crippen MR) is 76.4 cm³/mol. The first-order valence-electron chi connectivity index (χ1n) is 6.37. The van der Waals surface area contributed by atoms with E-state index in [1.54, 1.807) is 6.20 Å². The molecule has 1 aliphatic heterocycles. The lowest BCUT2D eigenvalue weighted by Gasteiger charge is -2.21. The van der Waals surface area contributed by atoms with Crippen LogP contribution in [0, 0.1) is 5.41 Å². The van der Waals surface area contributed by atoms with Crippen LogP contribution in [0.1, 0.15) is 26.3 Å². The second-order valence-corrected chi connectivity index (χ2v) is 5.64. The fourth-order valence-corrected chi connectivity index (χ4v) is 2.14. The zero-order valence-electron chi connectivity index (χ0n) is 11.3. The molecule has 1 aliphatic rings. The molecular weight excluding hydrogens is 236 g/mol. The maximum Gasteiger partial charge on any atom is 0.228 e. The second kappa shape index (κ2) is 4.19. The van der Waals surface area contributed by atoms with E-state index in [1.165, 1.54) is 0 Å². The van der Waals surface area contributed by atoms with Crippen molar-refractivity contribution in [3.05, 3.63) is 48.2 Å². The Hall–Kier alpha value is -2.16. The average molecular weight is 252 g/mol. The van der Waals surface area contributed by atoms with Crippen LogP contribution in [-0.4, -0.2) is 10.7 Å². The summed E-state index contributed by atoms with van der Waals surface area (Å²) in [6, 6.07) is 11.7. The van der Waals surface area contributed by atoms with Gasteiger partial charge in [0, 0.05) is 11.6 Å². The lowest BCUT2D eigenvalue weighted by atomic mass is 9.86. The van der Waals surface area contributed by atoms with E-state index in [1.807, 2.05) is 36.4 Å². The molecule has 3 rings (SSSR count). The minimum Gasteiger partial charge on any atom is -0.436 e. The molecule has 0 atom stereocenters.